The van der Waals surface area contributed by atoms with Crippen LogP contribution in [-0.2, 0) is 11.3 Å². The number of nitrogens with two attached hydrogens (primary N) is 1. The van der Waals surface area contributed by atoms with Crippen LogP contribution in [0.25, 0.3) is 0 Å². The van der Waals surface area contributed by atoms with E-state index in [1.54, 1.807) is 6.07 Å². The van der Waals surface area contributed by atoms with Gasteiger partial charge in [-0.1, -0.05) is 42.3 Å². The van der Waals surface area contributed by atoms with Gasteiger partial charge in [0.05, 0.1) is 6.04 Å². The maximum Gasteiger partial charge on any atom is 0.241 e. The van der Waals surface area contributed by atoms with Crippen molar-refractivity contribution in [1.82, 2.24) is 4.90 Å². The molecule has 0 fully saturated rings. The van der Waals surface area contributed by atoms with Gasteiger partial charge < -0.3 is 16.0 Å². The number of hydrogen-bond donors (Lipinski definition) is 2. The number of carbonyl (C=O) groups is 1. The van der Waals surface area contributed by atoms with Crippen LogP contribution in [0.2, 0.25) is 10.0 Å². The lowest BCUT2D eigenvalue weighted by molar-refractivity contribution is -0.117. The fourth-order valence-corrected chi connectivity index (χ4v) is 3.92. The summed E-state index contributed by atoms with van der Waals surface area (Å²) in [5.41, 5.74) is 9.97. The minimum Gasteiger partial charge on any atom is -0.325 e. The SMILES string of the molecule is CC[C@H](N)C(=O)Nc1ccc(C2CN(C)Cc3c(Cl)cc(Cl)cc32)cc1. The molecule has 3 rings (SSSR count). The average molecular weight is 392 g/mol. The Balaban J connectivity index is 1.87. The van der Waals surface area contributed by atoms with Gasteiger partial charge in [-0.05, 0) is 54.4 Å². The molecule has 3 N–H and O–H groups in total. The van der Waals surface area contributed by atoms with Crippen LogP contribution in [0.5, 0.6) is 0 Å². The molecule has 1 heterocycles. The molecule has 0 aliphatic carbocycles. The second-order valence-corrected chi connectivity index (χ2v) is 7.67. The van der Waals surface area contributed by atoms with E-state index in [1.165, 1.54) is 5.56 Å². The van der Waals surface area contributed by atoms with E-state index in [-0.39, 0.29) is 11.8 Å². The van der Waals surface area contributed by atoms with Crippen LogP contribution in [-0.4, -0.2) is 30.4 Å². The molecule has 2 aromatic rings. The highest BCUT2D eigenvalue weighted by Gasteiger charge is 2.27. The summed E-state index contributed by atoms with van der Waals surface area (Å²) in [6, 6.07) is 11.2. The van der Waals surface area contributed by atoms with Crippen molar-refractivity contribution in [1.29, 1.82) is 0 Å². The van der Waals surface area contributed by atoms with Crippen molar-refractivity contribution in [2.75, 3.05) is 18.9 Å². The van der Waals surface area contributed by atoms with E-state index in [9.17, 15) is 4.79 Å². The molecule has 0 aromatic heterocycles. The number of nitrogens with zero attached hydrogens (tertiary/aromatic N) is 1. The van der Waals surface area contributed by atoms with Gasteiger partial charge in [-0.25, -0.2) is 0 Å². The first-order valence-electron chi connectivity index (χ1n) is 8.71. The first-order valence-corrected chi connectivity index (χ1v) is 9.47. The summed E-state index contributed by atoms with van der Waals surface area (Å²) in [5.74, 6) is 0.0177. The number of carbonyl (C=O) groups excluding carboxylic acids is 1. The maximum atomic E-state index is 11.9. The molecule has 2 aromatic carbocycles. The Labute approximate surface area is 164 Å². The Morgan fingerprint density at radius 2 is 2.00 bits per heavy atom. The molecule has 1 aliphatic rings. The van der Waals surface area contributed by atoms with Crippen LogP contribution in [0.15, 0.2) is 36.4 Å². The van der Waals surface area contributed by atoms with Gasteiger partial charge in [-0.3, -0.25) is 4.79 Å². The Hall–Kier alpha value is -1.59. The molecule has 0 radical (unpaired) electrons. The van der Waals surface area contributed by atoms with E-state index in [0.717, 1.165) is 29.9 Å². The quantitative estimate of drug-likeness (QED) is 0.818. The number of fused-ring (bicyclic) bond motifs is 1. The number of halogens is 2. The molecule has 138 valence electrons. The fraction of sp³-hybridized carbons (Fsp3) is 0.350. The van der Waals surface area contributed by atoms with E-state index < -0.39 is 6.04 Å². The van der Waals surface area contributed by atoms with Gasteiger partial charge in [0.2, 0.25) is 5.91 Å². The Morgan fingerprint density at radius 1 is 1.31 bits per heavy atom. The molecular weight excluding hydrogens is 369 g/mol. The van der Waals surface area contributed by atoms with E-state index in [1.807, 2.05) is 37.3 Å². The summed E-state index contributed by atoms with van der Waals surface area (Å²) in [4.78, 5) is 14.2. The number of anilines is 1. The summed E-state index contributed by atoms with van der Waals surface area (Å²) < 4.78 is 0. The highest BCUT2D eigenvalue weighted by molar-refractivity contribution is 6.35. The average Bonchev–Trinajstić information content (AvgIpc) is 2.61. The molecule has 26 heavy (non-hydrogen) atoms. The third-order valence-electron chi connectivity index (χ3n) is 4.85. The molecular formula is C20H23Cl2N3O. The number of nitrogens with one attached hydrogen (secondary N) is 1. The summed E-state index contributed by atoms with van der Waals surface area (Å²) in [7, 11) is 2.08. The van der Waals surface area contributed by atoms with Crippen LogP contribution in [0.3, 0.4) is 0 Å². The van der Waals surface area contributed by atoms with Gasteiger partial charge in [0.25, 0.3) is 0 Å². The number of rotatable bonds is 4. The monoisotopic (exact) mass is 391 g/mol. The lowest BCUT2D eigenvalue weighted by Crippen LogP contribution is -2.34. The molecule has 6 heteroatoms. The van der Waals surface area contributed by atoms with Crippen molar-refractivity contribution in [2.45, 2.75) is 31.8 Å². The van der Waals surface area contributed by atoms with Gasteiger partial charge in [0, 0.05) is 34.7 Å². The highest BCUT2D eigenvalue weighted by Crippen LogP contribution is 2.38. The summed E-state index contributed by atoms with van der Waals surface area (Å²) in [6.45, 7) is 3.58. The number of likely N-dealkylation sites (N-methyl/N-ethyl adjacent to an activating group) is 1. The van der Waals surface area contributed by atoms with Crippen LogP contribution < -0.4 is 11.1 Å². The molecule has 1 aliphatic heterocycles. The van der Waals surface area contributed by atoms with Crippen LogP contribution in [0.1, 0.15) is 36.0 Å². The molecule has 1 unspecified atom stereocenters. The number of hydrogen-bond acceptors (Lipinski definition) is 3. The molecule has 1 amide bonds. The van der Waals surface area contributed by atoms with Gasteiger partial charge in [-0.15, -0.1) is 0 Å². The van der Waals surface area contributed by atoms with E-state index in [0.29, 0.717) is 16.5 Å². The van der Waals surface area contributed by atoms with Crippen molar-refractivity contribution in [3.63, 3.8) is 0 Å². The second kappa shape index (κ2) is 7.97. The van der Waals surface area contributed by atoms with Gasteiger partial charge in [-0.2, -0.15) is 0 Å². The van der Waals surface area contributed by atoms with Gasteiger partial charge in [0.1, 0.15) is 0 Å². The van der Waals surface area contributed by atoms with Gasteiger partial charge in [0.15, 0.2) is 0 Å². The number of benzene rings is 2. The highest BCUT2D eigenvalue weighted by atomic mass is 35.5. The first-order chi connectivity index (χ1) is 12.4. The maximum absolute atomic E-state index is 11.9. The second-order valence-electron chi connectivity index (χ2n) is 6.83. The zero-order valence-electron chi connectivity index (χ0n) is 14.9. The smallest absolute Gasteiger partial charge is 0.241 e. The molecule has 0 spiro atoms. The Morgan fingerprint density at radius 3 is 2.65 bits per heavy atom. The molecule has 4 nitrogen and oxygen atoms in total. The van der Waals surface area contributed by atoms with Crippen molar-refractivity contribution < 1.29 is 4.79 Å². The fourth-order valence-electron chi connectivity index (χ4n) is 3.35. The Kier molecular flexibility index (Phi) is 5.88. The van der Waals surface area contributed by atoms with E-state index >= 15 is 0 Å². The molecule has 0 saturated carbocycles. The van der Waals surface area contributed by atoms with Crippen LogP contribution >= 0.6 is 23.2 Å². The van der Waals surface area contributed by atoms with Crippen molar-refractivity contribution >= 4 is 34.8 Å². The molecule has 0 bridgehead atoms. The summed E-state index contributed by atoms with van der Waals surface area (Å²) >= 11 is 12.7. The third kappa shape index (κ3) is 4.04. The van der Waals surface area contributed by atoms with Crippen LogP contribution in [0.4, 0.5) is 5.69 Å². The van der Waals surface area contributed by atoms with Crippen molar-refractivity contribution in [2.24, 2.45) is 5.73 Å². The predicted molar refractivity (Wildman–Crippen MR) is 108 cm³/mol. The standard InChI is InChI=1S/C20H23Cl2N3O/c1-3-19(23)20(26)24-14-6-4-12(5-7-14)16-10-25(2)11-17-15(16)8-13(21)9-18(17)22/h4-9,16,19H,3,10-11,23H2,1-2H3,(H,24,26)/t16?,19-/m0/s1. The lowest BCUT2D eigenvalue weighted by Gasteiger charge is -2.33. The zero-order chi connectivity index (χ0) is 18.8. The van der Waals surface area contributed by atoms with Crippen molar-refractivity contribution in [3.05, 3.63) is 63.1 Å². The van der Waals surface area contributed by atoms with E-state index in [4.69, 9.17) is 28.9 Å². The predicted octanol–water partition coefficient (Wildman–Crippen LogP) is 4.25. The van der Waals surface area contributed by atoms with Gasteiger partial charge >= 0.3 is 0 Å². The lowest BCUT2D eigenvalue weighted by atomic mass is 9.84. The first kappa shape index (κ1) is 19.2. The van der Waals surface area contributed by atoms with Crippen molar-refractivity contribution in [3.8, 4) is 0 Å². The zero-order valence-corrected chi connectivity index (χ0v) is 16.4. The largest absolute Gasteiger partial charge is 0.325 e. The number of amides is 1. The minimum absolute atomic E-state index is 0.165. The summed E-state index contributed by atoms with van der Waals surface area (Å²) in [5, 5.41) is 4.22. The topological polar surface area (TPSA) is 58.4 Å². The van der Waals surface area contributed by atoms with Crippen LogP contribution in [0, 0.1) is 0 Å². The van der Waals surface area contributed by atoms with E-state index in [2.05, 4.69) is 17.3 Å². The molecule has 0 saturated heterocycles. The summed E-state index contributed by atoms with van der Waals surface area (Å²) in [6.07, 6.45) is 0.608. The third-order valence-corrected chi connectivity index (χ3v) is 5.41. The minimum atomic E-state index is -0.488. The molecule has 2 atom stereocenters. The normalized spacial score (nSPS) is 18.3. The Bertz CT molecular complexity index is 807.